The standard InChI is InChI=1S/C14H21FN2O/c1-12(11-18)10-16-6-8-17(9-7-16)14-5-3-2-4-13(14)15/h2-5,12,18H,6-11H2,1H3. The van der Waals surface area contributed by atoms with Crippen molar-refractivity contribution in [1.82, 2.24) is 4.90 Å². The van der Waals surface area contributed by atoms with Crippen LogP contribution in [0.1, 0.15) is 6.92 Å². The van der Waals surface area contributed by atoms with E-state index in [4.69, 9.17) is 5.11 Å². The Morgan fingerprint density at radius 1 is 1.22 bits per heavy atom. The number of rotatable bonds is 4. The summed E-state index contributed by atoms with van der Waals surface area (Å²) in [6.07, 6.45) is 0. The van der Waals surface area contributed by atoms with Crippen LogP contribution in [-0.4, -0.2) is 49.3 Å². The molecule has 2 rings (SSSR count). The molecule has 1 saturated heterocycles. The van der Waals surface area contributed by atoms with E-state index in [1.807, 2.05) is 19.1 Å². The molecule has 0 spiro atoms. The predicted octanol–water partition coefficient (Wildman–Crippen LogP) is 1.58. The van der Waals surface area contributed by atoms with E-state index in [0.29, 0.717) is 11.6 Å². The molecule has 1 heterocycles. The molecule has 3 nitrogen and oxygen atoms in total. The number of aliphatic hydroxyl groups is 1. The van der Waals surface area contributed by atoms with Gasteiger partial charge in [0.1, 0.15) is 5.82 Å². The van der Waals surface area contributed by atoms with Crippen LogP contribution >= 0.6 is 0 Å². The van der Waals surface area contributed by atoms with Gasteiger partial charge in [0.25, 0.3) is 0 Å². The molecule has 0 amide bonds. The molecule has 0 radical (unpaired) electrons. The maximum absolute atomic E-state index is 13.6. The first-order chi connectivity index (χ1) is 8.70. The van der Waals surface area contributed by atoms with Crippen molar-refractivity contribution in [1.29, 1.82) is 0 Å². The highest BCUT2D eigenvalue weighted by Crippen LogP contribution is 2.20. The van der Waals surface area contributed by atoms with Gasteiger partial charge >= 0.3 is 0 Å². The molecule has 1 aromatic carbocycles. The number of hydrogen-bond donors (Lipinski definition) is 1. The quantitative estimate of drug-likeness (QED) is 0.881. The minimum absolute atomic E-state index is 0.144. The zero-order valence-corrected chi connectivity index (χ0v) is 10.8. The van der Waals surface area contributed by atoms with Gasteiger partial charge in [-0.1, -0.05) is 19.1 Å². The van der Waals surface area contributed by atoms with Gasteiger partial charge in [-0.2, -0.15) is 0 Å². The molecule has 1 aliphatic heterocycles. The summed E-state index contributed by atoms with van der Waals surface area (Å²) in [7, 11) is 0. The summed E-state index contributed by atoms with van der Waals surface area (Å²) in [5, 5.41) is 9.05. The van der Waals surface area contributed by atoms with E-state index in [1.165, 1.54) is 6.07 Å². The second-order valence-electron chi connectivity index (χ2n) is 5.03. The van der Waals surface area contributed by atoms with Crippen LogP contribution in [0.15, 0.2) is 24.3 Å². The summed E-state index contributed by atoms with van der Waals surface area (Å²) in [6, 6.07) is 6.94. The van der Waals surface area contributed by atoms with Gasteiger partial charge in [-0.05, 0) is 18.1 Å². The van der Waals surface area contributed by atoms with Gasteiger partial charge in [0, 0.05) is 39.3 Å². The minimum Gasteiger partial charge on any atom is -0.396 e. The average molecular weight is 252 g/mol. The first-order valence-corrected chi connectivity index (χ1v) is 6.53. The van der Waals surface area contributed by atoms with Gasteiger partial charge in [0.05, 0.1) is 5.69 Å². The van der Waals surface area contributed by atoms with E-state index in [1.54, 1.807) is 6.07 Å². The van der Waals surface area contributed by atoms with E-state index in [-0.39, 0.29) is 12.4 Å². The minimum atomic E-state index is -0.144. The van der Waals surface area contributed by atoms with Crippen molar-refractivity contribution in [3.8, 4) is 0 Å². The third kappa shape index (κ3) is 3.21. The third-order valence-corrected chi connectivity index (χ3v) is 3.45. The highest BCUT2D eigenvalue weighted by atomic mass is 19.1. The van der Waals surface area contributed by atoms with E-state index in [0.717, 1.165) is 32.7 Å². The van der Waals surface area contributed by atoms with Crippen LogP contribution in [0.2, 0.25) is 0 Å². The van der Waals surface area contributed by atoms with Gasteiger partial charge in [-0.15, -0.1) is 0 Å². The summed E-state index contributed by atoms with van der Waals surface area (Å²) in [6.45, 7) is 6.74. The molecule has 1 unspecified atom stereocenters. The van der Waals surface area contributed by atoms with Crippen molar-refractivity contribution in [2.24, 2.45) is 5.92 Å². The highest BCUT2D eigenvalue weighted by molar-refractivity contribution is 5.47. The summed E-state index contributed by atoms with van der Waals surface area (Å²) in [5.41, 5.74) is 0.701. The van der Waals surface area contributed by atoms with Crippen LogP contribution in [-0.2, 0) is 0 Å². The van der Waals surface area contributed by atoms with Crippen molar-refractivity contribution in [3.63, 3.8) is 0 Å². The Morgan fingerprint density at radius 2 is 1.89 bits per heavy atom. The normalized spacial score (nSPS) is 18.9. The highest BCUT2D eigenvalue weighted by Gasteiger charge is 2.20. The second-order valence-corrected chi connectivity index (χ2v) is 5.03. The summed E-state index contributed by atoms with van der Waals surface area (Å²) < 4.78 is 13.6. The smallest absolute Gasteiger partial charge is 0.146 e. The number of piperazine rings is 1. The number of anilines is 1. The lowest BCUT2D eigenvalue weighted by atomic mass is 10.1. The monoisotopic (exact) mass is 252 g/mol. The van der Waals surface area contributed by atoms with Crippen LogP contribution in [0, 0.1) is 11.7 Å². The zero-order valence-electron chi connectivity index (χ0n) is 10.8. The van der Waals surface area contributed by atoms with Crippen LogP contribution in [0.25, 0.3) is 0 Å². The van der Waals surface area contributed by atoms with Crippen molar-refractivity contribution in [3.05, 3.63) is 30.1 Å². The molecule has 0 saturated carbocycles. The number of benzene rings is 1. The Labute approximate surface area is 108 Å². The van der Waals surface area contributed by atoms with Gasteiger partial charge in [0.15, 0.2) is 0 Å². The van der Waals surface area contributed by atoms with E-state index >= 15 is 0 Å². The zero-order chi connectivity index (χ0) is 13.0. The summed E-state index contributed by atoms with van der Waals surface area (Å²) in [4.78, 5) is 4.42. The Morgan fingerprint density at radius 3 is 2.50 bits per heavy atom. The van der Waals surface area contributed by atoms with Gasteiger partial charge < -0.3 is 10.0 Å². The Balaban J connectivity index is 1.89. The Hall–Kier alpha value is -1.13. The maximum atomic E-state index is 13.6. The van der Waals surface area contributed by atoms with Crippen molar-refractivity contribution in [2.75, 3.05) is 44.2 Å². The van der Waals surface area contributed by atoms with Crippen LogP contribution in [0.5, 0.6) is 0 Å². The van der Waals surface area contributed by atoms with Crippen molar-refractivity contribution < 1.29 is 9.50 Å². The van der Waals surface area contributed by atoms with Crippen molar-refractivity contribution >= 4 is 5.69 Å². The van der Waals surface area contributed by atoms with Gasteiger partial charge in [-0.3, -0.25) is 4.90 Å². The molecule has 100 valence electrons. The van der Waals surface area contributed by atoms with Gasteiger partial charge in [-0.25, -0.2) is 4.39 Å². The van der Waals surface area contributed by atoms with E-state index in [2.05, 4.69) is 9.80 Å². The fourth-order valence-electron chi connectivity index (χ4n) is 2.38. The molecule has 1 aliphatic rings. The summed E-state index contributed by atoms with van der Waals surface area (Å²) >= 11 is 0. The first kappa shape index (κ1) is 13.3. The molecule has 1 aromatic rings. The molecule has 18 heavy (non-hydrogen) atoms. The second kappa shape index (κ2) is 6.16. The lowest BCUT2D eigenvalue weighted by Crippen LogP contribution is -2.48. The number of halogens is 1. The van der Waals surface area contributed by atoms with E-state index < -0.39 is 0 Å². The molecule has 0 aliphatic carbocycles. The third-order valence-electron chi connectivity index (χ3n) is 3.45. The number of hydrogen-bond acceptors (Lipinski definition) is 3. The van der Waals surface area contributed by atoms with E-state index in [9.17, 15) is 4.39 Å². The summed E-state index contributed by atoms with van der Waals surface area (Å²) in [5.74, 6) is 0.166. The fraction of sp³-hybridized carbons (Fsp3) is 0.571. The van der Waals surface area contributed by atoms with Gasteiger partial charge in [0.2, 0.25) is 0 Å². The molecule has 1 fully saturated rings. The SMILES string of the molecule is CC(CO)CN1CCN(c2ccccc2F)CC1. The number of nitrogens with zero attached hydrogens (tertiary/aromatic N) is 2. The Bertz CT molecular complexity index is 378. The molecular formula is C14H21FN2O. The molecule has 0 aromatic heterocycles. The number of aliphatic hydroxyl groups excluding tert-OH is 1. The van der Waals surface area contributed by atoms with Crippen molar-refractivity contribution in [2.45, 2.75) is 6.92 Å². The molecular weight excluding hydrogens is 231 g/mol. The van der Waals surface area contributed by atoms with Crippen LogP contribution in [0.4, 0.5) is 10.1 Å². The average Bonchev–Trinajstić information content (AvgIpc) is 2.40. The largest absolute Gasteiger partial charge is 0.396 e. The fourth-order valence-corrected chi connectivity index (χ4v) is 2.38. The molecule has 1 N–H and O–H groups in total. The van der Waals surface area contributed by atoms with Crippen LogP contribution < -0.4 is 4.90 Å². The molecule has 1 atom stereocenters. The Kier molecular flexibility index (Phi) is 4.55. The molecule has 4 heteroatoms. The predicted molar refractivity (Wildman–Crippen MR) is 71.3 cm³/mol. The number of para-hydroxylation sites is 1. The lowest BCUT2D eigenvalue weighted by Gasteiger charge is -2.37. The molecule has 0 bridgehead atoms. The topological polar surface area (TPSA) is 26.7 Å². The van der Waals surface area contributed by atoms with Crippen LogP contribution in [0.3, 0.4) is 0 Å². The first-order valence-electron chi connectivity index (χ1n) is 6.53. The lowest BCUT2D eigenvalue weighted by molar-refractivity contribution is 0.167. The maximum Gasteiger partial charge on any atom is 0.146 e.